The Kier molecular flexibility index (Phi) is 8.85. The molecular weight excluding hydrogens is 206 g/mol. The Balaban J connectivity index is 4.07. The average Bonchev–Trinajstić information content (AvgIpc) is 2.32. The van der Waals surface area contributed by atoms with Crippen LogP contribution in [0.4, 0.5) is 0 Å². The maximum Gasteiger partial charge on any atom is 0.333 e. The second-order valence-electron chi connectivity index (χ2n) is 3.60. The Morgan fingerprint density at radius 3 is 2.62 bits per heavy atom. The van der Waals surface area contributed by atoms with Gasteiger partial charge in [0.25, 0.3) is 0 Å². The number of carbonyl (C=O) groups is 1. The molecule has 0 radical (unpaired) electrons. The standard InChI is InChI=1S/C12H23NO3/c1-4-10(12(15)16-3)6-8-13-11(5-2)7-9-14/h6,11,13-14H,4-5,7-9H2,1-3H3/b10-6-. The molecular formula is C12H23NO3. The van der Waals surface area contributed by atoms with E-state index < -0.39 is 0 Å². The van der Waals surface area contributed by atoms with Crippen molar-refractivity contribution in [1.29, 1.82) is 0 Å². The first-order valence-corrected chi connectivity index (χ1v) is 5.81. The normalized spacial score (nSPS) is 13.6. The van der Waals surface area contributed by atoms with E-state index in [1.54, 1.807) is 0 Å². The average molecular weight is 229 g/mol. The van der Waals surface area contributed by atoms with Crippen LogP contribution in [0.2, 0.25) is 0 Å². The van der Waals surface area contributed by atoms with Crippen molar-refractivity contribution in [2.75, 3.05) is 20.3 Å². The Morgan fingerprint density at radius 2 is 2.19 bits per heavy atom. The molecule has 0 saturated carbocycles. The molecule has 1 unspecified atom stereocenters. The van der Waals surface area contributed by atoms with Gasteiger partial charge in [0, 0.05) is 24.8 Å². The summed E-state index contributed by atoms with van der Waals surface area (Å²) in [6.45, 7) is 4.81. The molecule has 0 aliphatic rings. The highest BCUT2D eigenvalue weighted by atomic mass is 16.5. The van der Waals surface area contributed by atoms with E-state index in [9.17, 15) is 4.79 Å². The number of ether oxygens (including phenoxy) is 1. The molecule has 0 aromatic carbocycles. The van der Waals surface area contributed by atoms with Crippen LogP contribution in [0, 0.1) is 0 Å². The number of methoxy groups -OCH3 is 1. The lowest BCUT2D eigenvalue weighted by Gasteiger charge is -2.14. The van der Waals surface area contributed by atoms with Gasteiger partial charge < -0.3 is 15.2 Å². The van der Waals surface area contributed by atoms with Gasteiger partial charge in [-0.05, 0) is 19.3 Å². The van der Waals surface area contributed by atoms with Gasteiger partial charge >= 0.3 is 5.97 Å². The zero-order valence-corrected chi connectivity index (χ0v) is 10.5. The number of rotatable bonds is 8. The maximum absolute atomic E-state index is 11.3. The zero-order chi connectivity index (χ0) is 12.4. The van der Waals surface area contributed by atoms with E-state index in [0.29, 0.717) is 24.6 Å². The summed E-state index contributed by atoms with van der Waals surface area (Å²) in [5.74, 6) is -0.264. The van der Waals surface area contributed by atoms with Crippen LogP contribution in [0.5, 0.6) is 0 Å². The fourth-order valence-corrected chi connectivity index (χ4v) is 1.46. The zero-order valence-electron chi connectivity index (χ0n) is 10.5. The third-order valence-corrected chi connectivity index (χ3v) is 2.55. The molecule has 0 bridgehead atoms. The molecule has 0 aromatic heterocycles. The van der Waals surface area contributed by atoms with Crippen LogP contribution >= 0.6 is 0 Å². The molecule has 1 atom stereocenters. The molecule has 0 amide bonds. The lowest BCUT2D eigenvalue weighted by atomic mass is 10.1. The van der Waals surface area contributed by atoms with Crippen molar-refractivity contribution in [3.8, 4) is 0 Å². The highest BCUT2D eigenvalue weighted by Crippen LogP contribution is 2.03. The number of hydrogen-bond donors (Lipinski definition) is 2. The predicted molar refractivity (Wildman–Crippen MR) is 64.2 cm³/mol. The summed E-state index contributed by atoms with van der Waals surface area (Å²) in [5.41, 5.74) is 0.689. The molecule has 0 rings (SSSR count). The van der Waals surface area contributed by atoms with Crippen molar-refractivity contribution in [2.24, 2.45) is 0 Å². The summed E-state index contributed by atoms with van der Waals surface area (Å²) in [7, 11) is 1.39. The number of nitrogens with one attached hydrogen (secondary N) is 1. The van der Waals surface area contributed by atoms with Gasteiger partial charge in [-0.15, -0.1) is 0 Å². The van der Waals surface area contributed by atoms with Gasteiger partial charge in [0.15, 0.2) is 0 Å². The predicted octanol–water partition coefficient (Wildman–Crippen LogP) is 1.25. The summed E-state index contributed by atoms with van der Waals surface area (Å²) in [5, 5.41) is 12.1. The molecule has 0 heterocycles. The van der Waals surface area contributed by atoms with Crippen molar-refractivity contribution in [3.05, 3.63) is 11.6 Å². The Labute approximate surface area is 97.7 Å². The quantitative estimate of drug-likeness (QED) is 0.486. The highest BCUT2D eigenvalue weighted by molar-refractivity contribution is 5.88. The number of aliphatic hydroxyl groups is 1. The molecule has 2 N–H and O–H groups in total. The first-order chi connectivity index (χ1) is 7.69. The lowest BCUT2D eigenvalue weighted by molar-refractivity contribution is -0.136. The lowest BCUT2D eigenvalue weighted by Crippen LogP contribution is -2.29. The van der Waals surface area contributed by atoms with Gasteiger partial charge in [-0.3, -0.25) is 0 Å². The van der Waals surface area contributed by atoms with E-state index in [2.05, 4.69) is 17.0 Å². The molecule has 0 aliphatic carbocycles. The first-order valence-electron chi connectivity index (χ1n) is 5.81. The summed E-state index contributed by atoms with van der Waals surface area (Å²) >= 11 is 0. The van der Waals surface area contributed by atoms with Gasteiger partial charge in [-0.2, -0.15) is 0 Å². The minimum atomic E-state index is -0.264. The minimum Gasteiger partial charge on any atom is -0.466 e. The Bertz CT molecular complexity index is 226. The maximum atomic E-state index is 11.3. The number of aliphatic hydroxyl groups excluding tert-OH is 1. The van der Waals surface area contributed by atoms with Crippen molar-refractivity contribution in [3.63, 3.8) is 0 Å². The van der Waals surface area contributed by atoms with E-state index in [4.69, 9.17) is 5.11 Å². The molecule has 94 valence electrons. The Morgan fingerprint density at radius 1 is 1.50 bits per heavy atom. The number of esters is 1. The van der Waals surface area contributed by atoms with Crippen molar-refractivity contribution in [1.82, 2.24) is 5.32 Å². The van der Waals surface area contributed by atoms with Crippen LogP contribution in [0.1, 0.15) is 33.1 Å². The van der Waals surface area contributed by atoms with Crippen LogP contribution in [0.25, 0.3) is 0 Å². The molecule has 0 aromatic rings. The van der Waals surface area contributed by atoms with Gasteiger partial charge in [0.05, 0.1) is 7.11 Å². The number of hydrogen-bond acceptors (Lipinski definition) is 4. The van der Waals surface area contributed by atoms with E-state index in [0.717, 1.165) is 12.8 Å². The molecule has 0 fully saturated rings. The van der Waals surface area contributed by atoms with Crippen molar-refractivity contribution >= 4 is 5.97 Å². The molecule has 0 aliphatic heterocycles. The van der Waals surface area contributed by atoms with Crippen LogP contribution in [-0.4, -0.2) is 37.4 Å². The Hall–Kier alpha value is -0.870. The van der Waals surface area contributed by atoms with E-state index in [1.165, 1.54) is 7.11 Å². The third-order valence-electron chi connectivity index (χ3n) is 2.55. The third kappa shape index (κ3) is 5.88. The molecule has 0 saturated heterocycles. The summed E-state index contributed by atoms with van der Waals surface area (Å²) in [6.07, 6.45) is 4.23. The van der Waals surface area contributed by atoms with Gasteiger partial charge in [-0.25, -0.2) is 4.79 Å². The fourth-order valence-electron chi connectivity index (χ4n) is 1.46. The molecule has 16 heavy (non-hydrogen) atoms. The summed E-state index contributed by atoms with van der Waals surface area (Å²) < 4.78 is 4.66. The smallest absolute Gasteiger partial charge is 0.333 e. The van der Waals surface area contributed by atoms with Crippen LogP contribution in [-0.2, 0) is 9.53 Å². The second kappa shape index (κ2) is 9.36. The highest BCUT2D eigenvalue weighted by Gasteiger charge is 2.07. The van der Waals surface area contributed by atoms with Crippen LogP contribution < -0.4 is 5.32 Å². The van der Waals surface area contributed by atoms with Gasteiger partial charge in [0.2, 0.25) is 0 Å². The topological polar surface area (TPSA) is 58.6 Å². The molecule has 0 spiro atoms. The summed E-state index contributed by atoms with van der Waals surface area (Å²) in [4.78, 5) is 11.3. The van der Waals surface area contributed by atoms with Crippen molar-refractivity contribution in [2.45, 2.75) is 39.2 Å². The van der Waals surface area contributed by atoms with E-state index >= 15 is 0 Å². The van der Waals surface area contributed by atoms with Gasteiger partial charge in [-0.1, -0.05) is 19.9 Å². The fraction of sp³-hybridized carbons (Fsp3) is 0.750. The van der Waals surface area contributed by atoms with E-state index in [-0.39, 0.29) is 12.6 Å². The monoisotopic (exact) mass is 229 g/mol. The first kappa shape index (κ1) is 15.1. The van der Waals surface area contributed by atoms with Crippen LogP contribution in [0.15, 0.2) is 11.6 Å². The van der Waals surface area contributed by atoms with Crippen molar-refractivity contribution < 1.29 is 14.6 Å². The second-order valence-corrected chi connectivity index (χ2v) is 3.60. The largest absolute Gasteiger partial charge is 0.466 e. The summed E-state index contributed by atoms with van der Waals surface area (Å²) in [6, 6.07) is 0.303. The molecule has 4 nitrogen and oxygen atoms in total. The minimum absolute atomic E-state index is 0.187. The van der Waals surface area contributed by atoms with E-state index in [1.807, 2.05) is 13.0 Å². The SMILES string of the molecule is CC/C(=C/CNC(CC)CCO)C(=O)OC. The van der Waals surface area contributed by atoms with Crippen LogP contribution in [0.3, 0.4) is 0 Å². The number of carbonyl (C=O) groups excluding carboxylic acids is 1. The molecule has 4 heteroatoms. The van der Waals surface area contributed by atoms with Gasteiger partial charge in [0.1, 0.15) is 0 Å².